The van der Waals surface area contributed by atoms with Crippen molar-refractivity contribution < 1.29 is 9.53 Å². The third kappa shape index (κ3) is 6.81. The Hall–Kier alpha value is -3.87. The number of hydrogen-bond acceptors (Lipinski definition) is 6. The lowest BCUT2D eigenvalue weighted by atomic mass is 9.88. The van der Waals surface area contributed by atoms with Crippen LogP contribution in [0.5, 0.6) is 5.75 Å². The first kappa shape index (κ1) is 24.8. The minimum atomic E-state index is -0.216. The minimum Gasteiger partial charge on any atom is -0.489 e. The summed E-state index contributed by atoms with van der Waals surface area (Å²) in [6, 6.07) is 14.6. The molecule has 0 fully saturated rings. The average molecular weight is 459 g/mol. The number of hydrogen-bond donors (Lipinski definition) is 3. The smallest absolute Gasteiger partial charge is 0.251 e. The van der Waals surface area contributed by atoms with Crippen LogP contribution in [0.2, 0.25) is 0 Å². The Bertz CT molecular complexity index is 1150. The molecule has 3 aromatic rings. The molecule has 2 aromatic carbocycles. The predicted octanol–water partition coefficient (Wildman–Crippen LogP) is 5.82. The summed E-state index contributed by atoms with van der Waals surface area (Å²) < 4.78 is 5.62. The molecule has 0 aliphatic heterocycles. The summed E-state index contributed by atoms with van der Waals surface area (Å²) in [5.74, 6) is 1.60. The van der Waals surface area contributed by atoms with Crippen LogP contribution in [0.1, 0.15) is 36.7 Å². The Kier molecular flexibility index (Phi) is 7.89. The number of rotatable bonds is 9. The average Bonchev–Trinajstić information content (AvgIpc) is 2.79. The van der Waals surface area contributed by atoms with Gasteiger partial charge in [-0.3, -0.25) is 4.79 Å². The minimum absolute atomic E-state index is 0.136. The van der Waals surface area contributed by atoms with E-state index in [1.807, 2.05) is 58.0 Å². The topological polar surface area (TPSA) is 88.2 Å². The molecule has 7 nitrogen and oxygen atoms in total. The Labute approximate surface area is 201 Å². The second-order valence-electron chi connectivity index (χ2n) is 9.06. The number of carbonyl (C=O) groups excluding carboxylic acids is 1. The van der Waals surface area contributed by atoms with Crippen molar-refractivity contribution in [1.82, 2.24) is 15.3 Å². The Balaban J connectivity index is 1.72. The zero-order valence-electron chi connectivity index (χ0n) is 20.2. The lowest BCUT2D eigenvalue weighted by Crippen LogP contribution is -2.41. The van der Waals surface area contributed by atoms with Gasteiger partial charge in [-0.05, 0) is 55.2 Å². The molecule has 0 aliphatic rings. The molecule has 0 aliphatic carbocycles. The van der Waals surface area contributed by atoms with Gasteiger partial charge in [-0.2, -0.15) is 4.98 Å². The van der Waals surface area contributed by atoms with E-state index < -0.39 is 0 Å². The van der Waals surface area contributed by atoms with E-state index in [0.29, 0.717) is 29.6 Å². The first-order valence-electron chi connectivity index (χ1n) is 11.1. The van der Waals surface area contributed by atoms with Gasteiger partial charge >= 0.3 is 0 Å². The molecule has 1 atom stereocenters. The number of benzene rings is 2. The summed E-state index contributed by atoms with van der Waals surface area (Å²) in [6.45, 7) is 16.3. The predicted molar refractivity (Wildman–Crippen MR) is 138 cm³/mol. The molecule has 0 spiro atoms. The molecule has 3 N–H and O–H groups in total. The normalized spacial score (nSPS) is 11.9. The van der Waals surface area contributed by atoms with Crippen molar-refractivity contribution in [2.75, 3.05) is 17.2 Å². The van der Waals surface area contributed by atoms with E-state index in [1.54, 1.807) is 30.5 Å². The van der Waals surface area contributed by atoms with Crippen molar-refractivity contribution >= 4 is 29.0 Å². The Morgan fingerprint density at radius 1 is 1.15 bits per heavy atom. The quantitative estimate of drug-likeness (QED) is 0.351. The van der Waals surface area contributed by atoms with Crippen molar-refractivity contribution in [1.29, 1.82) is 0 Å². The summed E-state index contributed by atoms with van der Waals surface area (Å²) in [5, 5.41) is 9.43. The van der Waals surface area contributed by atoms with Crippen molar-refractivity contribution in [3.05, 3.63) is 85.4 Å². The third-order valence-corrected chi connectivity index (χ3v) is 5.23. The maximum absolute atomic E-state index is 12.7. The fourth-order valence-electron chi connectivity index (χ4n) is 2.93. The first-order valence-corrected chi connectivity index (χ1v) is 11.1. The van der Waals surface area contributed by atoms with E-state index in [4.69, 9.17) is 4.74 Å². The van der Waals surface area contributed by atoms with E-state index in [1.165, 1.54) is 0 Å². The number of aryl methyl sites for hydroxylation is 1. The van der Waals surface area contributed by atoms with Crippen LogP contribution in [-0.2, 0) is 0 Å². The van der Waals surface area contributed by atoms with Crippen LogP contribution >= 0.6 is 0 Å². The molecule has 0 saturated carbocycles. The lowest BCUT2D eigenvalue weighted by molar-refractivity contribution is 0.0919. The number of carbonyl (C=O) groups is 1. The third-order valence-electron chi connectivity index (χ3n) is 5.23. The van der Waals surface area contributed by atoms with Gasteiger partial charge in [-0.25, -0.2) is 4.98 Å². The molecule has 177 valence electrons. The fraction of sp³-hybridized carbons (Fsp3) is 0.259. The van der Waals surface area contributed by atoms with Crippen molar-refractivity contribution in [3.63, 3.8) is 0 Å². The van der Waals surface area contributed by atoms with Gasteiger partial charge in [-0.1, -0.05) is 45.6 Å². The molecule has 34 heavy (non-hydrogen) atoms. The first-order chi connectivity index (χ1) is 16.2. The van der Waals surface area contributed by atoms with E-state index in [9.17, 15) is 4.79 Å². The van der Waals surface area contributed by atoms with Gasteiger partial charge < -0.3 is 20.7 Å². The summed E-state index contributed by atoms with van der Waals surface area (Å²) >= 11 is 0. The van der Waals surface area contributed by atoms with Crippen LogP contribution in [0.25, 0.3) is 0 Å². The molecule has 1 heterocycles. The van der Waals surface area contributed by atoms with Crippen LogP contribution in [0.3, 0.4) is 0 Å². The molecule has 0 bridgehead atoms. The van der Waals surface area contributed by atoms with Crippen LogP contribution in [-0.4, -0.2) is 28.5 Å². The molecule has 1 amide bonds. The van der Waals surface area contributed by atoms with Gasteiger partial charge in [0, 0.05) is 35.2 Å². The summed E-state index contributed by atoms with van der Waals surface area (Å²) in [5.41, 5.74) is 3.03. The summed E-state index contributed by atoms with van der Waals surface area (Å²) in [4.78, 5) is 21.5. The SMILES string of the molecule is [CH2]C(NC(=O)c1cccc(Nc2nccc(Nc3cc(OCC=C)ccc3C)n2)c1)C(C)(C)C. The van der Waals surface area contributed by atoms with Gasteiger partial charge in [0.2, 0.25) is 5.95 Å². The van der Waals surface area contributed by atoms with Gasteiger partial charge in [0.15, 0.2) is 0 Å². The van der Waals surface area contributed by atoms with Crippen LogP contribution in [0.4, 0.5) is 23.1 Å². The Morgan fingerprint density at radius 2 is 1.94 bits per heavy atom. The second kappa shape index (κ2) is 10.8. The molecule has 3 rings (SSSR count). The molecule has 1 radical (unpaired) electrons. The van der Waals surface area contributed by atoms with E-state index >= 15 is 0 Å². The largest absolute Gasteiger partial charge is 0.489 e. The summed E-state index contributed by atoms with van der Waals surface area (Å²) in [7, 11) is 0. The Morgan fingerprint density at radius 3 is 2.68 bits per heavy atom. The van der Waals surface area contributed by atoms with Gasteiger partial charge in [0.05, 0.1) is 0 Å². The van der Waals surface area contributed by atoms with Gasteiger partial charge in [-0.15, -0.1) is 0 Å². The standard InChI is InChI=1S/C27H32N5O2/c1-7-15-34-22-12-11-18(2)23(17-22)31-24-13-14-28-26(32-24)30-21-10-8-9-20(16-21)25(33)29-19(3)27(4,5)6/h7-14,16-17,19H,1,3,15H2,2,4-6H3,(H,29,33)(H2,28,30,31,32). The number of amides is 1. The highest BCUT2D eigenvalue weighted by Crippen LogP contribution is 2.26. The van der Waals surface area contributed by atoms with Crippen molar-refractivity contribution in [2.24, 2.45) is 5.41 Å². The monoisotopic (exact) mass is 458 g/mol. The molecule has 1 unspecified atom stereocenters. The maximum atomic E-state index is 12.7. The van der Waals surface area contributed by atoms with Crippen LogP contribution in [0, 0.1) is 19.3 Å². The van der Waals surface area contributed by atoms with E-state index in [2.05, 4.69) is 39.4 Å². The lowest BCUT2D eigenvalue weighted by Gasteiger charge is -2.28. The zero-order chi connectivity index (χ0) is 24.7. The van der Waals surface area contributed by atoms with Crippen LogP contribution in [0.15, 0.2) is 67.4 Å². The maximum Gasteiger partial charge on any atom is 0.251 e. The van der Waals surface area contributed by atoms with Gasteiger partial charge in [0.25, 0.3) is 5.91 Å². The fourth-order valence-corrected chi connectivity index (χ4v) is 2.93. The highest BCUT2D eigenvalue weighted by atomic mass is 16.5. The highest BCUT2D eigenvalue weighted by Gasteiger charge is 2.22. The number of nitrogens with one attached hydrogen (secondary N) is 3. The zero-order valence-corrected chi connectivity index (χ0v) is 20.2. The van der Waals surface area contributed by atoms with Crippen molar-refractivity contribution in [3.8, 4) is 5.75 Å². The van der Waals surface area contributed by atoms with Crippen molar-refractivity contribution in [2.45, 2.75) is 33.7 Å². The number of aromatic nitrogens is 2. The molecule has 7 heteroatoms. The summed E-state index contributed by atoms with van der Waals surface area (Å²) in [6.07, 6.45) is 3.37. The number of anilines is 4. The molecule has 0 saturated heterocycles. The number of ether oxygens (including phenoxy) is 1. The van der Waals surface area contributed by atoms with E-state index in [-0.39, 0.29) is 17.4 Å². The second-order valence-corrected chi connectivity index (χ2v) is 9.06. The molecular formula is C27H32N5O2. The molecular weight excluding hydrogens is 426 g/mol. The van der Waals surface area contributed by atoms with Crippen LogP contribution < -0.4 is 20.7 Å². The highest BCUT2D eigenvalue weighted by molar-refractivity contribution is 5.95. The van der Waals surface area contributed by atoms with Gasteiger partial charge in [0.1, 0.15) is 18.2 Å². The molecule has 1 aromatic heterocycles. The number of nitrogens with zero attached hydrogens (tertiary/aromatic N) is 2. The van der Waals surface area contributed by atoms with E-state index in [0.717, 1.165) is 17.0 Å².